The minimum absolute atomic E-state index is 0.188. The minimum Gasteiger partial charge on any atom is -0.494 e. The van der Waals surface area contributed by atoms with Gasteiger partial charge in [0.25, 0.3) is 0 Å². The van der Waals surface area contributed by atoms with Gasteiger partial charge >= 0.3 is 0 Å². The molecule has 0 bridgehead atoms. The predicted octanol–water partition coefficient (Wildman–Crippen LogP) is 3.37. The van der Waals surface area contributed by atoms with Crippen LogP contribution in [0.15, 0.2) is 42.5 Å². The first-order valence-corrected chi connectivity index (χ1v) is 9.65. The molecule has 2 heterocycles. The summed E-state index contributed by atoms with van der Waals surface area (Å²) in [5.74, 6) is 2.12. The van der Waals surface area contributed by atoms with Crippen LogP contribution in [0.5, 0.6) is 17.2 Å². The summed E-state index contributed by atoms with van der Waals surface area (Å²) in [6.45, 7) is 4.62. The van der Waals surface area contributed by atoms with Gasteiger partial charge in [0.2, 0.25) is 5.91 Å². The summed E-state index contributed by atoms with van der Waals surface area (Å²) in [7, 11) is 0. The quantitative estimate of drug-likeness (QED) is 0.796. The van der Waals surface area contributed by atoms with E-state index in [0.29, 0.717) is 19.8 Å². The monoisotopic (exact) mass is 380 g/mol. The Morgan fingerprint density at radius 1 is 1.18 bits per heavy atom. The lowest BCUT2D eigenvalue weighted by Crippen LogP contribution is -2.24. The fourth-order valence-electron chi connectivity index (χ4n) is 3.37. The number of carbonyl (C=O) groups excluding carboxylic acids is 1. The number of carbonyl (C=O) groups is 1. The van der Waals surface area contributed by atoms with Gasteiger partial charge in [0.05, 0.1) is 19.8 Å². The molecule has 0 unspecified atom stereocenters. The number of ether oxygens (including phenoxy) is 3. The van der Waals surface area contributed by atoms with Gasteiger partial charge in [0.1, 0.15) is 5.75 Å². The number of fused-ring (bicyclic) bond motifs is 2. The van der Waals surface area contributed by atoms with Crippen LogP contribution >= 0.6 is 0 Å². The first-order chi connectivity index (χ1) is 13.7. The molecule has 28 heavy (non-hydrogen) atoms. The number of nitrogens with one attached hydrogen (secondary N) is 2. The van der Waals surface area contributed by atoms with E-state index >= 15 is 0 Å². The molecule has 6 nitrogen and oxygen atoms in total. The molecular weight excluding hydrogens is 356 g/mol. The Hall–Kier alpha value is -3.15. The summed E-state index contributed by atoms with van der Waals surface area (Å²) < 4.78 is 17.0. The fraction of sp³-hybridized carbons (Fsp3) is 0.318. The molecule has 2 aromatic rings. The molecule has 2 aliphatic rings. The van der Waals surface area contributed by atoms with Crippen LogP contribution in [-0.2, 0) is 11.2 Å². The van der Waals surface area contributed by atoms with Crippen molar-refractivity contribution in [1.29, 1.82) is 0 Å². The Morgan fingerprint density at radius 2 is 1.93 bits per heavy atom. The highest BCUT2D eigenvalue weighted by atomic mass is 16.5. The second-order valence-electron chi connectivity index (χ2n) is 6.69. The zero-order chi connectivity index (χ0) is 19.3. The third kappa shape index (κ3) is 4.06. The van der Waals surface area contributed by atoms with Crippen molar-refractivity contribution < 1.29 is 19.0 Å². The molecule has 0 atom stereocenters. The molecule has 2 aliphatic heterocycles. The Balaban J connectivity index is 1.54. The van der Waals surface area contributed by atoms with E-state index in [1.54, 1.807) is 6.08 Å². The van der Waals surface area contributed by atoms with Crippen LogP contribution in [0.4, 0.5) is 5.69 Å². The molecule has 0 fully saturated rings. The van der Waals surface area contributed by atoms with Crippen LogP contribution < -0.4 is 24.8 Å². The second kappa shape index (κ2) is 8.25. The largest absolute Gasteiger partial charge is 0.494 e. The molecule has 6 heteroatoms. The average molecular weight is 380 g/mol. The first-order valence-electron chi connectivity index (χ1n) is 9.65. The Bertz CT molecular complexity index is 890. The molecular formula is C22H24N2O4. The number of hydrogen-bond acceptors (Lipinski definition) is 5. The number of anilines is 1. The summed E-state index contributed by atoms with van der Waals surface area (Å²) in [4.78, 5) is 12.5. The third-order valence-corrected chi connectivity index (χ3v) is 4.68. The third-order valence-electron chi connectivity index (χ3n) is 4.68. The molecule has 0 saturated heterocycles. The molecule has 1 amide bonds. The first kappa shape index (κ1) is 18.2. The van der Waals surface area contributed by atoms with Crippen molar-refractivity contribution in [3.05, 3.63) is 53.6 Å². The van der Waals surface area contributed by atoms with E-state index in [9.17, 15) is 4.79 Å². The molecule has 2 N–H and O–H groups in total. The highest BCUT2D eigenvalue weighted by Gasteiger charge is 2.20. The average Bonchev–Trinajstić information content (AvgIpc) is 2.93. The number of amides is 1. The molecule has 2 aromatic carbocycles. The fourth-order valence-corrected chi connectivity index (χ4v) is 3.37. The lowest BCUT2D eigenvalue weighted by molar-refractivity contribution is -0.111. The van der Waals surface area contributed by atoms with Gasteiger partial charge in [-0.2, -0.15) is 0 Å². The summed E-state index contributed by atoms with van der Waals surface area (Å²) in [5, 5.41) is 6.22. The van der Waals surface area contributed by atoms with E-state index in [4.69, 9.17) is 14.2 Å². The van der Waals surface area contributed by atoms with Gasteiger partial charge in [-0.1, -0.05) is 0 Å². The van der Waals surface area contributed by atoms with Crippen LogP contribution in [0.3, 0.4) is 0 Å². The summed E-state index contributed by atoms with van der Waals surface area (Å²) in [6.07, 6.45) is 3.34. The Morgan fingerprint density at radius 3 is 2.68 bits per heavy atom. The van der Waals surface area contributed by atoms with Crippen LogP contribution in [0.1, 0.15) is 24.5 Å². The van der Waals surface area contributed by atoms with Gasteiger partial charge in [0.15, 0.2) is 11.5 Å². The zero-order valence-corrected chi connectivity index (χ0v) is 15.9. The van der Waals surface area contributed by atoms with E-state index in [1.165, 1.54) is 0 Å². The van der Waals surface area contributed by atoms with Gasteiger partial charge in [-0.05, 0) is 55.3 Å². The Kier molecular flexibility index (Phi) is 5.37. The van der Waals surface area contributed by atoms with Gasteiger partial charge in [-0.3, -0.25) is 4.79 Å². The zero-order valence-electron chi connectivity index (χ0n) is 15.9. The predicted molar refractivity (Wildman–Crippen MR) is 108 cm³/mol. The molecule has 0 saturated carbocycles. The highest BCUT2D eigenvalue weighted by Crippen LogP contribution is 2.36. The molecule has 146 valence electrons. The van der Waals surface area contributed by atoms with E-state index in [0.717, 1.165) is 59.1 Å². The lowest BCUT2D eigenvalue weighted by Gasteiger charge is -2.23. The van der Waals surface area contributed by atoms with Crippen molar-refractivity contribution in [2.24, 2.45) is 0 Å². The molecule has 4 rings (SSSR count). The highest BCUT2D eigenvalue weighted by molar-refractivity contribution is 6.04. The van der Waals surface area contributed by atoms with E-state index in [1.807, 2.05) is 43.3 Å². The maximum atomic E-state index is 12.5. The SMILES string of the molecule is CCOc1ccc(NC(=O)C=C2NCCc3cc4c(cc32)OCCCO4)cc1. The summed E-state index contributed by atoms with van der Waals surface area (Å²) in [6, 6.07) is 11.3. The van der Waals surface area contributed by atoms with Crippen molar-refractivity contribution in [2.45, 2.75) is 19.8 Å². The Labute approximate surface area is 164 Å². The van der Waals surface area contributed by atoms with E-state index in [-0.39, 0.29) is 5.91 Å². The standard InChI is InChI=1S/C22H24N2O4/c1-2-26-17-6-4-16(5-7-17)24-22(25)14-19-18-13-21-20(27-10-3-11-28-21)12-15(18)8-9-23-19/h4-7,12-14,23H,2-3,8-11H2,1H3,(H,24,25). The van der Waals surface area contributed by atoms with Gasteiger partial charge < -0.3 is 24.8 Å². The summed E-state index contributed by atoms with van der Waals surface area (Å²) >= 11 is 0. The van der Waals surface area contributed by atoms with E-state index < -0.39 is 0 Å². The van der Waals surface area contributed by atoms with E-state index in [2.05, 4.69) is 10.6 Å². The van der Waals surface area contributed by atoms with Gasteiger partial charge in [-0.25, -0.2) is 0 Å². The number of benzene rings is 2. The topological polar surface area (TPSA) is 68.8 Å². The van der Waals surface area contributed by atoms with Crippen molar-refractivity contribution in [2.75, 3.05) is 31.7 Å². The van der Waals surface area contributed by atoms with Crippen molar-refractivity contribution in [1.82, 2.24) is 5.32 Å². The smallest absolute Gasteiger partial charge is 0.250 e. The second-order valence-corrected chi connectivity index (χ2v) is 6.69. The van der Waals surface area contributed by atoms with Crippen molar-refractivity contribution in [3.8, 4) is 17.2 Å². The van der Waals surface area contributed by atoms with Crippen LogP contribution in [0.25, 0.3) is 5.70 Å². The van der Waals surface area contributed by atoms with Crippen LogP contribution in [0, 0.1) is 0 Å². The molecule has 0 radical (unpaired) electrons. The van der Waals surface area contributed by atoms with Crippen LogP contribution in [-0.4, -0.2) is 32.3 Å². The summed E-state index contributed by atoms with van der Waals surface area (Å²) in [5.41, 5.74) is 3.65. The molecule has 0 spiro atoms. The van der Waals surface area contributed by atoms with Gasteiger partial charge in [0, 0.05) is 36.0 Å². The van der Waals surface area contributed by atoms with Crippen molar-refractivity contribution >= 4 is 17.3 Å². The molecule has 0 aliphatic carbocycles. The maximum Gasteiger partial charge on any atom is 0.250 e. The van der Waals surface area contributed by atoms with Gasteiger partial charge in [-0.15, -0.1) is 0 Å². The van der Waals surface area contributed by atoms with Crippen molar-refractivity contribution in [3.63, 3.8) is 0 Å². The lowest BCUT2D eigenvalue weighted by atomic mass is 9.96. The van der Waals surface area contributed by atoms with Crippen LogP contribution in [0.2, 0.25) is 0 Å². The normalized spacial score (nSPS) is 16.5. The number of hydrogen-bond donors (Lipinski definition) is 2. The number of rotatable bonds is 4. The minimum atomic E-state index is -0.188. The molecule has 0 aromatic heterocycles. The maximum absolute atomic E-state index is 12.5.